The number of rotatable bonds is 6. The number of nitrogens with two attached hydrogens (primary N) is 1. The molecule has 0 saturated carbocycles. The lowest BCUT2D eigenvalue weighted by Gasteiger charge is -2.24. The maximum Gasteiger partial charge on any atom is 0.325 e. The van der Waals surface area contributed by atoms with Crippen LogP contribution in [0.25, 0.3) is 0 Å². The fourth-order valence-electron chi connectivity index (χ4n) is 1.70. The summed E-state index contributed by atoms with van der Waals surface area (Å²) in [7, 11) is 0. The summed E-state index contributed by atoms with van der Waals surface area (Å²) in [5, 5.41) is 0. The second-order valence-electron chi connectivity index (χ2n) is 3.84. The van der Waals surface area contributed by atoms with Crippen LogP contribution in [0.5, 0.6) is 0 Å². The van der Waals surface area contributed by atoms with Crippen LogP contribution in [0.15, 0.2) is 22.7 Å². The van der Waals surface area contributed by atoms with Gasteiger partial charge in [-0.05, 0) is 32.0 Å². The molecule has 19 heavy (non-hydrogen) atoms. The zero-order valence-electron chi connectivity index (χ0n) is 11.0. The molecular formula is C13H17BrN2O2S. The number of likely N-dealkylation sites (N-methyl/N-ethyl adjacent to an activating group) is 1. The Hall–Kier alpha value is -1.14. The summed E-state index contributed by atoms with van der Waals surface area (Å²) in [5.41, 5.74) is 7.30. The number of halogens is 1. The summed E-state index contributed by atoms with van der Waals surface area (Å²) in [4.78, 5) is 13.8. The van der Waals surface area contributed by atoms with E-state index >= 15 is 0 Å². The third-order valence-electron chi connectivity index (χ3n) is 2.57. The van der Waals surface area contributed by atoms with Crippen LogP contribution in [0.1, 0.15) is 19.4 Å². The van der Waals surface area contributed by atoms with E-state index in [9.17, 15) is 4.79 Å². The van der Waals surface area contributed by atoms with Crippen LogP contribution in [-0.4, -0.2) is 30.7 Å². The van der Waals surface area contributed by atoms with Crippen LogP contribution >= 0.6 is 28.1 Å². The minimum absolute atomic E-state index is 0.177. The number of esters is 1. The SMILES string of the molecule is CCOC(=O)CN(CC)c1cc(Br)ccc1C(N)=S. The minimum Gasteiger partial charge on any atom is -0.465 e. The van der Waals surface area contributed by atoms with Gasteiger partial charge in [0.1, 0.15) is 11.5 Å². The molecule has 0 radical (unpaired) electrons. The van der Waals surface area contributed by atoms with Gasteiger partial charge in [0.05, 0.1) is 6.61 Å². The second-order valence-corrected chi connectivity index (χ2v) is 5.20. The molecule has 104 valence electrons. The van der Waals surface area contributed by atoms with Gasteiger partial charge in [-0.25, -0.2) is 0 Å². The molecule has 1 aromatic rings. The molecule has 2 N–H and O–H groups in total. The maximum absolute atomic E-state index is 11.6. The average molecular weight is 345 g/mol. The van der Waals surface area contributed by atoms with Crippen molar-refractivity contribution in [2.24, 2.45) is 5.73 Å². The van der Waals surface area contributed by atoms with Gasteiger partial charge in [-0.3, -0.25) is 4.79 Å². The van der Waals surface area contributed by atoms with E-state index in [2.05, 4.69) is 15.9 Å². The molecule has 1 rings (SSSR count). The van der Waals surface area contributed by atoms with Crippen molar-refractivity contribution in [2.75, 3.05) is 24.6 Å². The molecule has 4 nitrogen and oxygen atoms in total. The van der Waals surface area contributed by atoms with E-state index in [1.54, 1.807) is 6.92 Å². The lowest BCUT2D eigenvalue weighted by molar-refractivity contribution is -0.141. The van der Waals surface area contributed by atoms with Gasteiger partial charge < -0.3 is 15.4 Å². The highest BCUT2D eigenvalue weighted by Gasteiger charge is 2.15. The summed E-state index contributed by atoms with van der Waals surface area (Å²) >= 11 is 8.46. The molecule has 0 heterocycles. The van der Waals surface area contributed by atoms with Gasteiger partial charge in [-0.1, -0.05) is 28.1 Å². The number of anilines is 1. The molecule has 0 atom stereocenters. The third kappa shape index (κ3) is 4.47. The number of hydrogen-bond acceptors (Lipinski definition) is 4. The molecule has 0 fully saturated rings. The van der Waals surface area contributed by atoms with Crippen molar-refractivity contribution in [3.8, 4) is 0 Å². The van der Waals surface area contributed by atoms with E-state index < -0.39 is 0 Å². The number of hydrogen-bond donors (Lipinski definition) is 1. The maximum atomic E-state index is 11.6. The number of ether oxygens (including phenoxy) is 1. The lowest BCUT2D eigenvalue weighted by Crippen LogP contribution is -2.32. The highest BCUT2D eigenvalue weighted by atomic mass is 79.9. The van der Waals surface area contributed by atoms with Gasteiger partial charge in [0.2, 0.25) is 0 Å². The Labute approximate surface area is 127 Å². The number of carbonyl (C=O) groups excluding carboxylic acids is 1. The molecule has 0 saturated heterocycles. The van der Waals surface area contributed by atoms with E-state index in [0.717, 1.165) is 15.7 Å². The highest BCUT2D eigenvalue weighted by Crippen LogP contribution is 2.25. The first-order chi connectivity index (χ1) is 8.99. The van der Waals surface area contributed by atoms with Gasteiger partial charge in [0, 0.05) is 22.3 Å². The van der Waals surface area contributed by atoms with Gasteiger partial charge in [0.15, 0.2) is 0 Å². The van der Waals surface area contributed by atoms with E-state index in [4.69, 9.17) is 22.7 Å². The molecule has 0 unspecified atom stereocenters. The Morgan fingerprint density at radius 3 is 2.68 bits per heavy atom. The smallest absolute Gasteiger partial charge is 0.325 e. The number of thiocarbonyl (C=S) groups is 1. The predicted octanol–water partition coefficient (Wildman–Crippen LogP) is 2.47. The van der Waals surface area contributed by atoms with Crippen LogP contribution in [0.4, 0.5) is 5.69 Å². The molecule has 0 bridgehead atoms. The molecule has 0 aliphatic heterocycles. The Morgan fingerprint density at radius 2 is 2.16 bits per heavy atom. The van der Waals surface area contributed by atoms with Gasteiger partial charge in [-0.15, -0.1) is 0 Å². The Morgan fingerprint density at radius 1 is 1.47 bits per heavy atom. The van der Waals surface area contributed by atoms with Crippen molar-refractivity contribution in [1.82, 2.24) is 0 Å². The van der Waals surface area contributed by atoms with Crippen LogP contribution in [0, 0.1) is 0 Å². The first-order valence-corrected chi connectivity index (χ1v) is 7.19. The number of benzene rings is 1. The fourth-order valence-corrected chi connectivity index (χ4v) is 2.23. The van der Waals surface area contributed by atoms with Crippen molar-refractivity contribution < 1.29 is 9.53 Å². The second kappa shape index (κ2) is 7.45. The Kier molecular flexibility index (Phi) is 6.24. The zero-order chi connectivity index (χ0) is 14.4. The topological polar surface area (TPSA) is 55.6 Å². The fraction of sp³-hybridized carbons (Fsp3) is 0.385. The van der Waals surface area contributed by atoms with E-state index in [-0.39, 0.29) is 12.5 Å². The molecule has 0 aromatic heterocycles. The predicted molar refractivity (Wildman–Crippen MR) is 84.5 cm³/mol. The minimum atomic E-state index is -0.266. The largest absolute Gasteiger partial charge is 0.465 e. The van der Waals surface area contributed by atoms with E-state index in [1.165, 1.54) is 0 Å². The molecule has 0 amide bonds. The van der Waals surface area contributed by atoms with E-state index in [0.29, 0.717) is 18.1 Å². The lowest BCUT2D eigenvalue weighted by atomic mass is 10.1. The molecule has 0 spiro atoms. The first-order valence-electron chi connectivity index (χ1n) is 5.99. The quantitative estimate of drug-likeness (QED) is 0.634. The van der Waals surface area contributed by atoms with Gasteiger partial charge in [0.25, 0.3) is 0 Å². The average Bonchev–Trinajstić information content (AvgIpc) is 2.35. The Balaban J connectivity index is 3.06. The van der Waals surface area contributed by atoms with Crippen LogP contribution in [0.2, 0.25) is 0 Å². The van der Waals surface area contributed by atoms with E-state index in [1.807, 2.05) is 30.0 Å². The van der Waals surface area contributed by atoms with Crippen molar-refractivity contribution in [3.05, 3.63) is 28.2 Å². The summed E-state index contributed by atoms with van der Waals surface area (Å²) in [6.45, 7) is 4.95. The Bertz CT molecular complexity index is 480. The third-order valence-corrected chi connectivity index (χ3v) is 3.29. The van der Waals surface area contributed by atoms with Crippen molar-refractivity contribution in [3.63, 3.8) is 0 Å². The van der Waals surface area contributed by atoms with Crippen LogP contribution in [-0.2, 0) is 9.53 Å². The highest BCUT2D eigenvalue weighted by molar-refractivity contribution is 9.10. The molecule has 1 aromatic carbocycles. The van der Waals surface area contributed by atoms with Crippen molar-refractivity contribution in [1.29, 1.82) is 0 Å². The van der Waals surface area contributed by atoms with Gasteiger partial charge in [-0.2, -0.15) is 0 Å². The molecule has 0 aliphatic carbocycles. The number of carbonyl (C=O) groups is 1. The molecule has 6 heteroatoms. The van der Waals surface area contributed by atoms with Gasteiger partial charge >= 0.3 is 5.97 Å². The van der Waals surface area contributed by atoms with Crippen LogP contribution < -0.4 is 10.6 Å². The summed E-state index contributed by atoms with van der Waals surface area (Å²) in [5.74, 6) is -0.266. The van der Waals surface area contributed by atoms with Crippen molar-refractivity contribution in [2.45, 2.75) is 13.8 Å². The molecule has 0 aliphatic rings. The molecular weight excluding hydrogens is 328 g/mol. The summed E-state index contributed by atoms with van der Waals surface area (Å²) in [6.07, 6.45) is 0. The number of nitrogens with zero attached hydrogens (tertiary/aromatic N) is 1. The standard InChI is InChI=1S/C13H17BrN2O2S/c1-3-16(8-12(17)18-4-2)11-7-9(14)5-6-10(11)13(15)19/h5-7H,3-4,8H2,1-2H3,(H2,15,19). The summed E-state index contributed by atoms with van der Waals surface area (Å²) in [6, 6.07) is 5.61. The monoisotopic (exact) mass is 344 g/mol. The normalized spacial score (nSPS) is 10.1. The first kappa shape index (κ1) is 15.9. The summed E-state index contributed by atoms with van der Waals surface area (Å²) < 4.78 is 5.88. The van der Waals surface area contributed by atoms with Crippen molar-refractivity contribution >= 4 is 44.8 Å². The zero-order valence-corrected chi connectivity index (χ0v) is 13.4. The van der Waals surface area contributed by atoms with Crippen LogP contribution in [0.3, 0.4) is 0 Å².